The van der Waals surface area contributed by atoms with Crippen LogP contribution in [0.4, 0.5) is 0 Å². The molecule has 1 aromatic carbocycles. The van der Waals surface area contributed by atoms with E-state index < -0.39 is 0 Å². The van der Waals surface area contributed by atoms with Crippen molar-refractivity contribution in [2.24, 2.45) is 5.92 Å². The van der Waals surface area contributed by atoms with E-state index in [-0.39, 0.29) is 5.41 Å². The molecule has 0 aliphatic rings. The summed E-state index contributed by atoms with van der Waals surface area (Å²) >= 11 is 0. The zero-order valence-corrected chi connectivity index (χ0v) is 11.4. The summed E-state index contributed by atoms with van der Waals surface area (Å²) in [7, 11) is 0. The molecule has 92 valence electrons. The zero-order valence-electron chi connectivity index (χ0n) is 11.4. The molecule has 2 nitrogen and oxygen atoms in total. The molecule has 0 atom stereocenters. The average Bonchev–Trinajstić information content (AvgIpc) is 2.63. The summed E-state index contributed by atoms with van der Waals surface area (Å²) in [4.78, 5) is 4.39. The molecule has 0 fully saturated rings. The normalized spacial score (nSPS) is 12.6. The fourth-order valence-electron chi connectivity index (χ4n) is 2.21. The molecular weight excluding hydrogens is 210 g/mol. The standard InChI is InChI=1S/C15H21NO/c1-10(2)8-11-6-7-12(15(3,4)5)13-14(11)17-9-16-13/h6-7,9-10H,8H2,1-5H3. The third kappa shape index (κ3) is 2.36. The van der Waals surface area contributed by atoms with Crippen LogP contribution in [0.15, 0.2) is 22.9 Å². The highest BCUT2D eigenvalue weighted by Crippen LogP contribution is 2.31. The molecule has 1 aromatic heterocycles. The molecule has 0 saturated carbocycles. The summed E-state index contributed by atoms with van der Waals surface area (Å²) in [5.41, 5.74) is 4.61. The van der Waals surface area contributed by atoms with Gasteiger partial charge in [0.05, 0.1) is 0 Å². The monoisotopic (exact) mass is 231 g/mol. The molecule has 0 saturated heterocycles. The van der Waals surface area contributed by atoms with Gasteiger partial charge in [0, 0.05) is 0 Å². The van der Waals surface area contributed by atoms with E-state index in [1.165, 1.54) is 11.1 Å². The van der Waals surface area contributed by atoms with E-state index in [1.807, 2.05) is 0 Å². The number of hydrogen-bond acceptors (Lipinski definition) is 2. The van der Waals surface area contributed by atoms with E-state index >= 15 is 0 Å². The smallest absolute Gasteiger partial charge is 0.182 e. The third-order valence-electron chi connectivity index (χ3n) is 3.00. The summed E-state index contributed by atoms with van der Waals surface area (Å²) < 4.78 is 5.57. The number of aromatic nitrogens is 1. The lowest BCUT2D eigenvalue weighted by atomic mass is 9.85. The molecule has 0 aliphatic heterocycles. The summed E-state index contributed by atoms with van der Waals surface area (Å²) in [5.74, 6) is 0.629. The van der Waals surface area contributed by atoms with Crippen LogP contribution in [0.5, 0.6) is 0 Å². The van der Waals surface area contributed by atoms with Crippen LogP contribution < -0.4 is 0 Å². The van der Waals surface area contributed by atoms with Gasteiger partial charge in [0.15, 0.2) is 12.0 Å². The maximum atomic E-state index is 5.57. The number of rotatable bonds is 2. The molecule has 0 radical (unpaired) electrons. The Labute approximate surface area is 103 Å². The van der Waals surface area contributed by atoms with E-state index in [0.29, 0.717) is 5.92 Å². The van der Waals surface area contributed by atoms with Crippen molar-refractivity contribution in [3.63, 3.8) is 0 Å². The summed E-state index contributed by atoms with van der Waals surface area (Å²) in [6.45, 7) is 11.1. The van der Waals surface area contributed by atoms with Gasteiger partial charge in [-0.25, -0.2) is 4.98 Å². The number of fused-ring (bicyclic) bond motifs is 1. The molecule has 2 heteroatoms. The maximum Gasteiger partial charge on any atom is 0.182 e. The first-order chi connectivity index (χ1) is 7.89. The Bertz CT molecular complexity index is 517. The molecule has 2 rings (SSSR count). The summed E-state index contributed by atoms with van der Waals surface area (Å²) in [5, 5.41) is 0. The molecular formula is C15H21NO. The van der Waals surface area contributed by atoms with Crippen molar-refractivity contribution in [2.45, 2.75) is 46.5 Å². The Morgan fingerprint density at radius 1 is 1.24 bits per heavy atom. The van der Waals surface area contributed by atoms with Gasteiger partial charge in [-0.3, -0.25) is 0 Å². The molecule has 0 unspecified atom stereocenters. The second kappa shape index (κ2) is 4.17. The molecule has 0 bridgehead atoms. The zero-order chi connectivity index (χ0) is 12.6. The highest BCUT2D eigenvalue weighted by atomic mass is 16.3. The fraction of sp³-hybridized carbons (Fsp3) is 0.533. The summed E-state index contributed by atoms with van der Waals surface area (Å²) in [6, 6.07) is 4.39. The van der Waals surface area contributed by atoms with Crippen molar-refractivity contribution in [2.75, 3.05) is 0 Å². The van der Waals surface area contributed by atoms with Crippen LogP contribution in [0.3, 0.4) is 0 Å². The minimum Gasteiger partial charge on any atom is -0.443 e. The van der Waals surface area contributed by atoms with Crippen LogP contribution in [0.25, 0.3) is 11.1 Å². The first-order valence-corrected chi connectivity index (χ1v) is 6.25. The van der Waals surface area contributed by atoms with Gasteiger partial charge >= 0.3 is 0 Å². The van der Waals surface area contributed by atoms with Gasteiger partial charge in [0.1, 0.15) is 5.52 Å². The minimum absolute atomic E-state index is 0.103. The number of nitrogens with zero attached hydrogens (tertiary/aromatic N) is 1. The Morgan fingerprint density at radius 2 is 1.94 bits per heavy atom. The SMILES string of the molecule is CC(C)Cc1ccc(C(C)(C)C)c2ncoc12. The largest absolute Gasteiger partial charge is 0.443 e. The lowest BCUT2D eigenvalue weighted by molar-refractivity contribution is 0.581. The van der Waals surface area contributed by atoms with Gasteiger partial charge in [-0.2, -0.15) is 0 Å². The van der Waals surface area contributed by atoms with Crippen LogP contribution >= 0.6 is 0 Å². The van der Waals surface area contributed by atoms with Crippen molar-refractivity contribution in [3.8, 4) is 0 Å². The molecule has 0 aliphatic carbocycles. The van der Waals surface area contributed by atoms with Gasteiger partial charge in [0.2, 0.25) is 0 Å². The van der Waals surface area contributed by atoms with E-state index in [2.05, 4.69) is 51.7 Å². The summed E-state index contributed by atoms with van der Waals surface area (Å²) in [6.07, 6.45) is 2.60. The average molecular weight is 231 g/mol. The van der Waals surface area contributed by atoms with Crippen molar-refractivity contribution in [1.29, 1.82) is 0 Å². The Balaban J connectivity index is 2.59. The maximum absolute atomic E-state index is 5.57. The Morgan fingerprint density at radius 3 is 2.53 bits per heavy atom. The fourth-order valence-corrected chi connectivity index (χ4v) is 2.21. The predicted octanol–water partition coefficient (Wildman–Crippen LogP) is 4.32. The number of oxazole rings is 1. The Hall–Kier alpha value is -1.31. The van der Waals surface area contributed by atoms with Crippen LogP contribution in [-0.4, -0.2) is 4.98 Å². The molecule has 0 N–H and O–H groups in total. The quantitative estimate of drug-likeness (QED) is 0.769. The van der Waals surface area contributed by atoms with Crippen LogP contribution in [-0.2, 0) is 11.8 Å². The first kappa shape index (κ1) is 12.2. The second-order valence-corrected chi connectivity index (χ2v) is 6.15. The van der Waals surface area contributed by atoms with Crippen molar-refractivity contribution >= 4 is 11.1 Å². The lowest BCUT2D eigenvalue weighted by Gasteiger charge is -2.20. The predicted molar refractivity (Wildman–Crippen MR) is 71.3 cm³/mol. The third-order valence-corrected chi connectivity index (χ3v) is 3.00. The lowest BCUT2D eigenvalue weighted by Crippen LogP contribution is -2.12. The van der Waals surface area contributed by atoms with Crippen molar-refractivity contribution < 1.29 is 4.42 Å². The minimum atomic E-state index is 0.103. The van der Waals surface area contributed by atoms with E-state index in [1.54, 1.807) is 6.39 Å². The number of hydrogen-bond donors (Lipinski definition) is 0. The molecule has 0 spiro atoms. The topological polar surface area (TPSA) is 26.0 Å². The van der Waals surface area contributed by atoms with E-state index in [9.17, 15) is 0 Å². The van der Waals surface area contributed by atoms with E-state index in [0.717, 1.165) is 17.5 Å². The van der Waals surface area contributed by atoms with Gasteiger partial charge < -0.3 is 4.42 Å². The molecule has 0 amide bonds. The van der Waals surface area contributed by atoms with Crippen LogP contribution in [0, 0.1) is 5.92 Å². The van der Waals surface area contributed by atoms with Gasteiger partial charge in [-0.1, -0.05) is 46.8 Å². The molecule has 2 aromatic rings. The van der Waals surface area contributed by atoms with Crippen molar-refractivity contribution in [3.05, 3.63) is 29.7 Å². The van der Waals surface area contributed by atoms with Gasteiger partial charge in [0.25, 0.3) is 0 Å². The highest BCUT2D eigenvalue weighted by Gasteiger charge is 2.20. The van der Waals surface area contributed by atoms with E-state index in [4.69, 9.17) is 4.42 Å². The molecule has 1 heterocycles. The first-order valence-electron chi connectivity index (χ1n) is 6.25. The van der Waals surface area contributed by atoms with Crippen LogP contribution in [0.1, 0.15) is 45.7 Å². The Kier molecular flexibility index (Phi) is 2.98. The van der Waals surface area contributed by atoms with Gasteiger partial charge in [-0.05, 0) is 28.9 Å². The van der Waals surface area contributed by atoms with Gasteiger partial charge in [-0.15, -0.1) is 0 Å². The molecule has 17 heavy (non-hydrogen) atoms. The second-order valence-electron chi connectivity index (χ2n) is 6.15. The highest BCUT2D eigenvalue weighted by molar-refractivity contribution is 5.80. The van der Waals surface area contributed by atoms with Crippen LogP contribution in [0.2, 0.25) is 0 Å². The number of benzene rings is 1. The van der Waals surface area contributed by atoms with Crippen molar-refractivity contribution in [1.82, 2.24) is 4.98 Å².